The van der Waals surface area contributed by atoms with E-state index in [2.05, 4.69) is 24.9 Å². The second-order valence-electron chi connectivity index (χ2n) is 15.2. The van der Waals surface area contributed by atoms with Gasteiger partial charge in [-0.25, -0.2) is 14.6 Å². The topological polar surface area (TPSA) is 166 Å². The zero-order chi connectivity index (χ0) is 40.0. The van der Waals surface area contributed by atoms with Crippen LogP contribution in [0.3, 0.4) is 0 Å². The molecule has 5 heterocycles. The highest BCUT2D eigenvalue weighted by Crippen LogP contribution is 2.37. The summed E-state index contributed by atoms with van der Waals surface area (Å²) < 4.78 is 8.07. The quantitative estimate of drug-likeness (QED) is 0.0579. The van der Waals surface area contributed by atoms with E-state index in [4.69, 9.17) is 15.6 Å². The lowest BCUT2D eigenvalue weighted by Gasteiger charge is -2.33. The van der Waals surface area contributed by atoms with E-state index >= 15 is 0 Å². The number of nitrogens with zero attached hydrogens (tertiary/aromatic N) is 6. The van der Waals surface area contributed by atoms with Gasteiger partial charge in [-0.2, -0.15) is 5.10 Å². The molecule has 2 saturated heterocycles. The molecule has 0 aliphatic carbocycles. The number of piperidine rings is 2. The van der Waals surface area contributed by atoms with E-state index < -0.39 is 23.8 Å². The predicted molar refractivity (Wildman–Crippen MR) is 223 cm³/mol. The third-order valence-corrected chi connectivity index (χ3v) is 12.4. The van der Waals surface area contributed by atoms with Crippen LogP contribution >= 0.6 is 11.8 Å². The van der Waals surface area contributed by atoms with Crippen molar-refractivity contribution in [3.8, 4) is 22.8 Å². The molecule has 3 N–H and O–H groups in total. The number of hydrogen-bond acceptors (Lipinski definition) is 11. The number of ether oxygens (including phenoxy) is 1. The highest BCUT2D eigenvalue weighted by Gasteiger charge is 2.45. The number of thioether (sulfide) groups is 1. The van der Waals surface area contributed by atoms with Crippen molar-refractivity contribution < 1.29 is 23.9 Å². The van der Waals surface area contributed by atoms with Crippen molar-refractivity contribution in [2.75, 3.05) is 31.1 Å². The number of aromatic nitrogens is 4. The Morgan fingerprint density at radius 2 is 1.57 bits per heavy atom. The van der Waals surface area contributed by atoms with E-state index in [-0.39, 0.29) is 24.8 Å². The summed E-state index contributed by atoms with van der Waals surface area (Å²) in [5.74, 6) is 0.907. The Kier molecular flexibility index (Phi) is 12.1. The second kappa shape index (κ2) is 17.9. The summed E-state index contributed by atoms with van der Waals surface area (Å²) in [4.78, 5) is 63.9. The normalized spacial score (nSPS) is 18.5. The van der Waals surface area contributed by atoms with Crippen molar-refractivity contribution in [1.29, 1.82) is 0 Å². The molecule has 3 aliphatic heterocycles. The molecule has 0 spiro atoms. The number of hydrogen-bond donors (Lipinski definition) is 2. The third-order valence-electron chi connectivity index (χ3n) is 11.3. The standard InChI is InChI=1S/C44H48N8O5S/c45-40-38-39(29-18-20-32(21-19-29)57-31-14-7-6-8-15-31)49-52(41(38)47-28-46-40)30-13-12-25-50(27-30)24-9-4-2-1-3-5-10-26-58-35-17-11-16-33-37(35)44(56)51(43(33)55)34-22-23-36(53)48-42(34)54/h6-8,11,14-21,28,30,34H,1-5,9-10,12-13,22-27H2,(H2,45,46,47)(H,48,53,54)/t30-,34?/m1/s1. The fourth-order valence-electron chi connectivity index (χ4n) is 8.30. The first-order valence-corrected chi connectivity index (χ1v) is 21.4. The van der Waals surface area contributed by atoms with Crippen LogP contribution in [0.1, 0.15) is 97.4 Å². The molecule has 13 nitrogen and oxygen atoms in total. The molecular formula is C44H48N8O5S. The number of rotatable bonds is 16. The van der Waals surface area contributed by atoms with Crippen molar-refractivity contribution >= 4 is 52.2 Å². The predicted octanol–water partition coefficient (Wildman–Crippen LogP) is 7.43. The Balaban J connectivity index is 0.768. The summed E-state index contributed by atoms with van der Waals surface area (Å²) in [6, 6.07) is 22.2. The number of carbonyl (C=O) groups excluding carboxylic acids is 4. The molecular weight excluding hydrogens is 753 g/mol. The number of anilines is 1. The van der Waals surface area contributed by atoms with Gasteiger partial charge >= 0.3 is 0 Å². The second-order valence-corrected chi connectivity index (χ2v) is 16.4. The summed E-state index contributed by atoms with van der Waals surface area (Å²) in [7, 11) is 0. The molecule has 14 heteroatoms. The van der Waals surface area contributed by atoms with Gasteiger partial charge in [-0.05, 0) is 99.5 Å². The van der Waals surface area contributed by atoms with Crippen molar-refractivity contribution in [3.63, 3.8) is 0 Å². The van der Waals surface area contributed by atoms with E-state index in [9.17, 15) is 19.2 Å². The highest BCUT2D eigenvalue weighted by atomic mass is 32.2. The SMILES string of the molecule is Nc1ncnc2c1c(-c1ccc(Oc3ccccc3)cc1)nn2[C@@H]1CCCN(CCCCCCCCCSc2cccc3c2C(=O)N(C2CCC(=O)NC2=O)C3=O)C1. The number of benzene rings is 3. The fraction of sp³-hybridized carbons (Fsp3) is 0.386. The van der Waals surface area contributed by atoms with Gasteiger partial charge in [-0.15, -0.1) is 11.8 Å². The van der Waals surface area contributed by atoms with Crippen molar-refractivity contribution in [1.82, 2.24) is 34.9 Å². The lowest BCUT2D eigenvalue weighted by Crippen LogP contribution is -2.54. The average Bonchev–Trinajstić information content (AvgIpc) is 3.75. The fourth-order valence-corrected chi connectivity index (χ4v) is 9.38. The Hall–Kier alpha value is -5.60. The van der Waals surface area contributed by atoms with Gasteiger partial charge in [0.2, 0.25) is 11.8 Å². The minimum absolute atomic E-state index is 0.105. The molecule has 1 unspecified atom stereocenters. The van der Waals surface area contributed by atoms with Crippen molar-refractivity contribution in [3.05, 3.63) is 90.3 Å². The van der Waals surface area contributed by atoms with Gasteiger partial charge in [0.25, 0.3) is 11.8 Å². The smallest absolute Gasteiger partial charge is 0.263 e. The molecule has 2 atom stereocenters. The van der Waals surface area contributed by atoms with Gasteiger partial charge in [0.05, 0.1) is 22.6 Å². The van der Waals surface area contributed by atoms with E-state index in [0.29, 0.717) is 16.9 Å². The first-order chi connectivity index (χ1) is 28.4. The van der Waals surface area contributed by atoms with Crippen LogP contribution in [-0.2, 0) is 9.59 Å². The minimum atomic E-state index is -0.954. The lowest BCUT2D eigenvalue weighted by molar-refractivity contribution is -0.136. The van der Waals surface area contributed by atoms with Crippen LogP contribution < -0.4 is 15.8 Å². The monoisotopic (exact) mass is 800 g/mol. The molecule has 3 aliphatic rings. The van der Waals surface area contributed by atoms with Crippen LogP contribution in [0.2, 0.25) is 0 Å². The van der Waals surface area contributed by atoms with Crippen LogP contribution in [0.5, 0.6) is 11.5 Å². The van der Waals surface area contributed by atoms with E-state index in [1.165, 1.54) is 25.6 Å². The van der Waals surface area contributed by atoms with Crippen molar-refractivity contribution in [2.24, 2.45) is 0 Å². The van der Waals surface area contributed by atoms with Gasteiger partial charge in [-0.1, -0.05) is 56.4 Å². The maximum atomic E-state index is 13.4. The summed E-state index contributed by atoms with van der Waals surface area (Å²) in [6.07, 6.45) is 11.9. The number of para-hydroxylation sites is 1. The summed E-state index contributed by atoms with van der Waals surface area (Å²) >= 11 is 1.59. The van der Waals surface area contributed by atoms with Gasteiger partial charge in [-0.3, -0.25) is 29.4 Å². The average molecular weight is 801 g/mol. The molecule has 5 aromatic rings. The number of amides is 4. The Bertz CT molecular complexity index is 2300. The zero-order valence-electron chi connectivity index (χ0n) is 32.5. The first-order valence-electron chi connectivity index (χ1n) is 20.4. The zero-order valence-corrected chi connectivity index (χ0v) is 33.3. The van der Waals surface area contributed by atoms with Gasteiger partial charge in [0.1, 0.15) is 35.4 Å². The molecule has 2 aromatic heterocycles. The molecule has 0 bridgehead atoms. The van der Waals surface area contributed by atoms with Crippen molar-refractivity contribution in [2.45, 2.75) is 87.6 Å². The van der Waals surface area contributed by atoms with Crippen LogP contribution in [0.15, 0.2) is 84.0 Å². The molecule has 0 saturated carbocycles. The molecule has 0 radical (unpaired) electrons. The Morgan fingerprint density at radius 3 is 2.36 bits per heavy atom. The molecule has 2 fully saturated rings. The molecule has 300 valence electrons. The van der Waals surface area contributed by atoms with E-state index in [1.807, 2.05) is 60.7 Å². The number of fused-ring (bicyclic) bond motifs is 2. The number of nitrogens with one attached hydrogen (secondary N) is 1. The van der Waals surface area contributed by atoms with Gasteiger partial charge in [0.15, 0.2) is 5.65 Å². The molecule has 8 rings (SSSR count). The number of carbonyl (C=O) groups is 4. The maximum Gasteiger partial charge on any atom is 0.263 e. The summed E-state index contributed by atoms with van der Waals surface area (Å²) in [5.41, 5.74) is 9.63. The van der Waals surface area contributed by atoms with Crippen LogP contribution in [-0.4, -0.2) is 84.6 Å². The number of nitrogens with two attached hydrogens (primary N) is 1. The number of unbranched alkanes of at least 4 members (excludes halogenated alkanes) is 6. The van der Waals surface area contributed by atoms with Crippen LogP contribution in [0.4, 0.5) is 5.82 Å². The largest absolute Gasteiger partial charge is 0.457 e. The van der Waals surface area contributed by atoms with Crippen LogP contribution in [0, 0.1) is 0 Å². The maximum absolute atomic E-state index is 13.4. The molecule has 58 heavy (non-hydrogen) atoms. The summed E-state index contributed by atoms with van der Waals surface area (Å²) in [6.45, 7) is 3.06. The number of imide groups is 2. The van der Waals surface area contributed by atoms with E-state index in [0.717, 1.165) is 107 Å². The Morgan fingerprint density at radius 1 is 0.810 bits per heavy atom. The molecule has 4 amide bonds. The number of nitrogen functional groups attached to an aromatic ring is 1. The molecule has 3 aromatic carbocycles. The summed E-state index contributed by atoms with van der Waals surface area (Å²) in [5, 5.41) is 8.15. The lowest BCUT2D eigenvalue weighted by atomic mass is 10.0. The minimum Gasteiger partial charge on any atom is -0.457 e. The van der Waals surface area contributed by atoms with Crippen LogP contribution in [0.25, 0.3) is 22.3 Å². The number of likely N-dealkylation sites (tertiary alicyclic amines) is 1. The van der Waals surface area contributed by atoms with Gasteiger partial charge < -0.3 is 15.4 Å². The van der Waals surface area contributed by atoms with Gasteiger partial charge in [0, 0.05) is 23.4 Å². The third kappa shape index (κ3) is 8.48. The Labute approximate surface area is 341 Å². The highest BCUT2D eigenvalue weighted by molar-refractivity contribution is 7.99. The first kappa shape index (κ1) is 39.2. The van der Waals surface area contributed by atoms with E-state index in [1.54, 1.807) is 23.9 Å².